The van der Waals surface area contributed by atoms with Crippen LogP contribution >= 0.6 is 0 Å². The van der Waals surface area contributed by atoms with E-state index >= 15 is 0 Å². The summed E-state index contributed by atoms with van der Waals surface area (Å²) in [6.07, 6.45) is 1.96. The van der Waals surface area contributed by atoms with E-state index in [4.69, 9.17) is 14.6 Å². The summed E-state index contributed by atoms with van der Waals surface area (Å²) in [6.45, 7) is -0.452. The smallest absolute Gasteiger partial charge is 0.246 e. The zero-order chi connectivity index (χ0) is 17.6. The minimum atomic E-state index is -3.97. The highest BCUT2D eigenvalue weighted by atomic mass is 32.2. The van der Waals surface area contributed by atoms with E-state index in [1.165, 1.54) is 39.5 Å². The zero-order valence-electron chi connectivity index (χ0n) is 13.0. The third-order valence-corrected chi connectivity index (χ3v) is 4.84. The molecule has 128 valence electrons. The van der Waals surface area contributed by atoms with Crippen LogP contribution < -0.4 is 14.6 Å². The molecule has 0 fully saturated rings. The average Bonchev–Trinajstić information content (AvgIpc) is 2.51. The summed E-state index contributed by atoms with van der Waals surface area (Å²) >= 11 is 0. The van der Waals surface area contributed by atoms with Crippen LogP contribution in [0.3, 0.4) is 0 Å². The highest BCUT2D eigenvalue weighted by Crippen LogP contribution is 2.37. The Morgan fingerprint density at radius 1 is 1.35 bits per heavy atom. The average molecular weight is 344 g/mol. The standard InChI is InChI=1S/C14H19NO7S/c1-15(6-7-16)23(19,20)12-9-10(4-5-13(17)18)8-11(21-2)14(12)22-3/h4-5,8-9,16H,6-7H2,1-3H3,(H,17,18)/p-1. The second-order valence-electron chi connectivity index (χ2n) is 4.46. The van der Waals surface area contributed by atoms with Crippen molar-refractivity contribution in [1.29, 1.82) is 0 Å². The Morgan fingerprint density at radius 2 is 2.00 bits per heavy atom. The van der Waals surface area contributed by atoms with Crippen LogP contribution in [0.15, 0.2) is 23.1 Å². The van der Waals surface area contributed by atoms with Gasteiger partial charge in [-0.05, 0) is 23.8 Å². The monoisotopic (exact) mass is 344 g/mol. The van der Waals surface area contributed by atoms with E-state index in [1.54, 1.807) is 0 Å². The summed E-state index contributed by atoms with van der Waals surface area (Å²) in [5, 5.41) is 19.4. The molecule has 1 aromatic rings. The van der Waals surface area contributed by atoms with E-state index in [2.05, 4.69) is 0 Å². The van der Waals surface area contributed by atoms with E-state index in [9.17, 15) is 18.3 Å². The van der Waals surface area contributed by atoms with Gasteiger partial charge in [-0.1, -0.05) is 6.08 Å². The Balaban J connectivity index is 3.55. The number of nitrogens with zero attached hydrogens (tertiary/aromatic N) is 1. The molecule has 9 heteroatoms. The number of carbonyl (C=O) groups excluding carboxylic acids is 1. The number of sulfonamides is 1. The van der Waals surface area contributed by atoms with Crippen molar-refractivity contribution >= 4 is 22.1 Å². The number of carboxylic acids is 1. The summed E-state index contributed by atoms with van der Waals surface area (Å²) in [5.41, 5.74) is 0.280. The fraction of sp³-hybridized carbons (Fsp3) is 0.357. The molecule has 0 aliphatic rings. The maximum atomic E-state index is 12.6. The number of aliphatic hydroxyl groups is 1. The van der Waals surface area contributed by atoms with Crippen LogP contribution in [0, 0.1) is 0 Å². The molecule has 0 atom stereocenters. The summed E-state index contributed by atoms with van der Waals surface area (Å²) < 4.78 is 36.3. The quantitative estimate of drug-likeness (QED) is 0.606. The maximum absolute atomic E-state index is 12.6. The number of aliphatic hydroxyl groups excluding tert-OH is 1. The summed E-state index contributed by atoms with van der Waals surface area (Å²) in [7, 11) is -0.0369. The van der Waals surface area contributed by atoms with Crippen LogP contribution in [0.5, 0.6) is 11.5 Å². The number of hydrogen-bond acceptors (Lipinski definition) is 7. The number of rotatable bonds is 8. The van der Waals surface area contributed by atoms with Gasteiger partial charge in [0.1, 0.15) is 4.90 Å². The molecular weight excluding hydrogens is 326 g/mol. The third kappa shape index (κ3) is 4.44. The van der Waals surface area contributed by atoms with E-state index in [0.717, 1.165) is 10.4 Å². The molecule has 0 bridgehead atoms. The zero-order valence-corrected chi connectivity index (χ0v) is 13.8. The minimum Gasteiger partial charge on any atom is -0.545 e. The van der Waals surface area contributed by atoms with E-state index in [1.807, 2.05) is 0 Å². The largest absolute Gasteiger partial charge is 0.545 e. The second kappa shape index (κ2) is 7.95. The number of likely N-dealkylation sites (N-methyl/N-ethyl adjacent to an activating group) is 1. The van der Waals surface area contributed by atoms with Gasteiger partial charge in [-0.3, -0.25) is 0 Å². The minimum absolute atomic E-state index is 0.0112. The predicted octanol–water partition coefficient (Wildman–Crippen LogP) is -0.920. The Labute approximate surface area is 134 Å². The fourth-order valence-corrected chi connectivity index (χ4v) is 3.19. The van der Waals surface area contributed by atoms with Crippen molar-refractivity contribution in [1.82, 2.24) is 4.31 Å². The molecule has 8 nitrogen and oxygen atoms in total. The Hall–Kier alpha value is -2.10. The molecule has 1 rings (SSSR count). The van der Waals surface area contributed by atoms with Gasteiger partial charge in [0.2, 0.25) is 10.0 Å². The first-order valence-corrected chi connectivity index (χ1v) is 7.94. The molecule has 0 spiro atoms. The van der Waals surface area contributed by atoms with Crippen LogP contribution in [0.2, 0.25) is 0 Å². The van der Waals surface area contributed by atoms with Gasteiger partial charge in [0.15, 0.2) is 11.5 Å². The molecule has 0 saturated carbocycles. The molecule has 0 aliphatic heterocycles. The first kappa shape index (κ1) is 18.9. The number of carboxylic acid groups (broad SMARTS) is 1. The van der Waals surface area contributed by atoms with Gasteiger partial charge in [0.05, 0.1) is 26.8 Å². The lowest BCUT2D eigenvalue weighted by Crippen LogP contribution is -2.30. The van der Waals surface area contributed by atoms with Crippen molar-refractivity contribution in [3.63, 3.8) is 0 Å². The topological polar surface area (TPSA) is 116 Å². The number of ether oxygens (including phenoxy) is 2. The number of carbonyl (C=O) groups is 1. The van der Waals surface area contributed by atoms with Crippen LogP contribution in [0.1, 0.15) is 5.56 Å². The molecular formula is C14H18NO7S-. The second-order valence-corrected chi connectivity index (χ2v) is 6.47. The molecule has 1 N–H and O–H groups in total. The molecule has 0 amide bonds. The van der Waals surface area contributed by atoms with Crippen molar-refractivity contribution < 1.29 is 32.9 Å². The van der Waals surface area contributed by atoms with Gasteiger partial charge in [0, 0.05) is 13.6 Å². The van der Waals surface area contributed by atoms with Crippen molar-refractivity contribution in [3.05, 3.63) is 23.8 Å². The Morgan fingerprint density at radius 3 is 2.48 bits per heavy atom. The van der Waals surface area contributed by atoms with Crippen LogP contribution in [0.25, 0.3) is 6.08 Å². The van der Waals surface area contributed by atoms with Crippen LogP contribution in [-0.4, -0.2) is 58.2 Å². The van der Waals surface area contributed by atoms with Gasteiger partial charge in [0.25, 0.3) is 0 Å². The molecule has 0 radical (unpaired) electrons. The van der Waals surface area contributed by atoms with E-state index in [0.29, 0.717) is 0 Å². The van der Waals surface area contributed by atoms with Gasteiger partial charge in [-0.15, -0.1) is 0 Å². The van der Waals surface area contributed by atoms with Crippen molar-refractivity contribution in [3.8, 4) is 11.5 Å². The number of aliphatic carboxylic acids is 1. The van der Waals surface area contributed by atoms with E-state index < -0.39 is 16.0 Å². The van der Waals surface area contributed by atoms with Gasteiger partial charge < -0.3 is 24.5 Å². The Bertz CT molecular complexity index is 697. The number of hydrogen-bond donors (Lipinski definition) is 1. The van der Waals surface area contributed by atoms with Crippen molar-refractivity contribution in [2.45, 2.75) is 4.90 Å². The van der Waals surface area contributed by atoms with E-state index in [-0.39, 0.29) is 35.1 Å². The summed E-state index contributed by atoms with van der Waals surface area (Å²) in [4.78, 5) is 10.3. The van der Waals surface area contributed by atoms with Crippen molar-refractivity contribution in [2.75, 3.05) is 34.4 Å². The summed E-state index contributed by atoms with van der Waals surface area (Å²) in [5.74, 6) is -1.30. The van der Waals surface area contributed by atoms with Crippen LogP contribution in [-0.2, 0) is 14.8 Å². The van der Waals surface area contributed by atoms with Gasteiger partial charge >= 0.3 is 0 Å². The lowest BCUT2D eigenvalue weighted by atomic mass is 10.2. The Kier molecular flexibility index (Phi) is 6.55. The molecule has 23 heavy (non-hydrogen) atoms. The SMILES string of the molecule is COc1cc(C=CC(=O)[O-])cc(S(=O)(=O)N(C)CCO)c1OC. The molecule has 0 heterocycles. The third-order valence-electron chi connectivity index (χ3n) is 2.98. The van der Waals surface area contributed by atoms with Crippen LogP contribution in [0.4, 0.5) is 0 Å². The molecule has 0 saturated heterocycles. The van der Waals surface area contributed by atoms with Gasteiger partial charge in [-0.2, -0.15) is 4.31 Å². The molecule has 0 unspecified atom stereocenters. The normalized spacial score (nSPS) is 11.9. The first-order chi connectivity index (χ1) is 10.8. The highest BCUT2D eigenvalue weighted by molar-refractivity contribution is 7.89. The molecule has 0 aliphatic carbocycles. The number of benzene rings is 1. The highest BCUT2D eigenvalue weighted by Gasteiger charge is 2.27. The van der Waals surface area contributed by atoms with Gasteiger partial charge in [-0.25, -0.2) is 8.42 Å². The maximum Gasteiger partial charge on any atom is 0.246 e. The number of methoxy groups -OCH3 is 2. The predicted molar refractivity (Wildman–Crippen MR) is 80.5 cm³/mol. The lowest BCUT2D eigenvalue weighted by Gasteiger charge is -2.19. The first-order valence-electron chi connectivity index (χ1n) is 6.50. The lowest BCUT2D eigenvalue weighted by molar-refractivity contribution is -0.297. The fourth-order valence-electron chi connectivity index (χ4n) is 1.83. The summed E-state index contributed by atoms with van der Waals surface area (Å²) in [6, 6.07) is 2.69. The molecule has 0 aromatic heterocycles. The molecule has 1 aromatic carbocycles. The van der Waals surface area contributed by atoms with Crippen molar-refractivity contribution in [2.24, 2.45) is 0 Å².